The van der Waals surface area contributed by atoms with Crippen LogP contribution in [0, 0.1) is 5.41 Å². The van der Waals surface area contributed by atoms with Crippen molar-refractivity contribution >= 4 is 5.91 Å². The van der Waals surface area contributed by atoms with Gasteiger partial charge in [-0.3, -0.25) is 4.79 Å². The highest BCUT2D eigenvalue weighted by Crippen LogP contribution is 2.32. The quantitative estimate of drug-likeness (QED) is 0.857. The fraction of sp³-hybridized carbons (Fsp3) is 0.562. The summed E-state index contributed by atoms with van der Waals surface area (Å²) in [5, 5.41) is 12.3. The Bertz CT molecular complexity index is 393. The Labute approximate surface area is 116 Å². The number of benzene rings is 1. The minimum Gasteiger partial charge on any atom is -0.393 e. The molecule has 0 aliphatic rings. The Morgan fingerprint density at radius 1 is 1.26 bits per heavy atom. The van der Waals surface area contributed by atoms with E-state index in [0.717, 1.165) is 5.56 Å². The topological polar surface area (TPSA) is 49.3 Å². The van der Waals surface area contributed by atoms with Crippen molar-refractivity contribution in [2.75, 3.05) is 0 Å². The molecule has 0 saturated heterocycles. The molecule has 3 nitrogen and oxygen atoms in total. The van der Waals surface area contributed by atoms with Gasteiger partial charge in [-0.25, -0.2) is 0 Å². The van der Waals surface area contributed by atoms with Crippen molar-refractivity contribution in [1.29, 1.82) is 0 Å². The second kappa shape index (κ2) is 6.71. The summed E-state index contributed by atoms with van der Waals surface area (Å²) in [6.07, 6.45) is 0.421. The lowest BCUT2D eigenvalue weighted by Crippen LogP contribution is -2.36. The molecule has 0 spiro atoms. The molecule has 0 aliphatic heterocycles. The van der Waals surface area contributed by atoms with Crippen molar-refractivity contribution in [1.82, 2.24) is 5.32 Å². The molecule has 2 unspecified atom stereocenters. The second-order valence-corrected chi connectivity index (χ2v) is 6.16. The van der Waals surface area contributed by atoms with Crippen LogP contribution in [0.1, 0.15) is 52.1 Å². The van der Waals surface area contributed by atoms with Gasteiger partial charge in [-0.2, -0.15) is 0 Å². The SMILES string of the molecule is CC(O)CCC(=O)NC(c1ccccc1)C(C)(C)C. The van der Waals surface area contributed by atoms with Gasteiger partial charge in [-0.1, -0.05) is 51.1 Å². The zero-order valence-electron chi connectivity index (χ0n) is 12.3. The molecule has 0 fully saturated rings. The molecule has 0 bridgehead atoms. The van der Waals surface area contributed by atoms with Crippen molar-refractivity contribution in [3.63, 3.8) is 0 Å². The highest BCUT2D eigenvalue weighted by Gasteiger charge is 2.27. The molecule has 2 N–H and O–H groups in total. The zero-order chi connectivity index (χ0) is 14.5. The molecule has 2 atom stereocenters. The third kappa shape index (κ3) is 5.43. The van der Waals surface area contributed by atoms with Gasteiger partial charge in [0.15, 0.2) is 0 Å². The van der Waals surface area contributed by atoms with Crippen LogP contribution in [0.15, 0.2) is 30.3 Å². The number of aliphatic hydroxyl groups excluding tert-OH is 1. The summed E-state index contributed by atoms with van der Waals surface area (Å²) >= 11 is 0. The standard InChI is InChI=1S/C16H25NO2/c1-12(18)10-11-14(19)17-15(16(2,3)4)13-8-6-5-7-9-13/h5-9,12,15,18H,10-11H2,1-4H3,(H,17,19). The molecule has 0 radical (unpaired) electrons. The van der Waals surface area contributed by atoms with E-state index in [9.17, 15) is 9.90 Å². The van der Waals surface area contributed by atoms with E-state index in [2.05, 4.69) is 26.1 Å². The van der Waals surface area contributed by atoms with E-state index in [0.29, 0.717) is 12.8 Å². The first-order valence-corrected chi connectivity index (χ1v) is 6.83. The van der Waals surface area contributed by atoms with E-state index in [1.165, 1.54) is 0 Å². The van der Waals surface area contributed by atoms with E-state index in [1.54, 1.807) is 6.92 Å². The maximum Gasteiger partial charge on any atom is 0.220 e. The van der Waals surface area contributed by atoms with Gasteiger partial charge in [0.1, 0.15) is 0 Å². The van der Waals surface area contributed by atoms with Crippen molar-refractivity contribution in [3.05, 3.63) is 35.9 Å². The van der Waals surface area contributed by atoms with Crippen LogP contribution < -0.4 is 5.32 Å². The molecule has 1 amide bonds. The molecule has 0 saturated carbocycles. The van der Waals surface area contributed by atoms with Crippen LogP contribution in [-0.4, -0.2) is 17.1 Å². The summed E-state index contributed by atoms with van der Waals surface area (Å²) in [6, 6.07) is 9.98. The first-order valence-electron chi connectivity index (χ1n) is 6.83. The van der Waals surface area contributed by atoms with Crippen molar-refractivity contribution in [2.24, 2.45) is 5.41 Å². The van der Waals surface area contributed by atoms with Crippen molar-refractivity contribution in [2.45, 2.75) is 52.7 Å². The van der Waals surface area contributed by atoms with Crippen LogP contribution in [0.3, 0.4) is 0 Å². The molecule has 1 aromatic rings. The molecular weight excluding hydrogens is 238 g/mol. The van der Waals surface area contributed by atoms with Gasteiger partial charge in [-0.05, 0) is 24.3 Å². The first-order chi connectivity index (χ1) is 8.80. The molecular formula is C16H25NO2. The van der Waals surface area contributed by atoms with Gasteiger partial charge in [0.2, 0.25) is 5.91 Å². The summed E-state index contributed by atoms with van der Waals surface area (Å²) in [5.41, 5.74) is 1.06. The predicted molar refractivity (Wildman–Crippen MR) is 77.7 cm³/mol. The van der Waals surface area contributed by atoms with Gasteiger partial charge < -0.3 is 10.4 Å². The number of aliphatic hydroxyl groups is 1. The zero-order valence-corrected chi connectivity index (χ0v) is 12.3. The van der Waals surface area contributed by atoms with E-state index >= 15 is 0 Å². The highest BCUT2D eigenvalue weighted by atomic mass is 16.3. The molecule has 1 rings (SSSR count). The van der Waals surface area contributed by atoms with Gasteiger partial charge in [0, 0.05) is 6.42 Å². The first kappa shape index (κ1) is 15.7. The van der Waals surface area contributed by atoms with E-state index in [4.69, 9.17) is 0 Å². The number of rotatable bonds is 5. The molecule has 0 aliphatic carbocycles. The molecule has 0 heterocycles. The van der Waals surface area contributed by atoms with Crippen LogP contribution in [-0.2, 0) is 4.79 Å². The Balaban J connectivity index is 2.75. The van der Waals surface area contributed by atoms with Gasteiger partial charge in [0.25, 0.3) is 0 Å². The minimum atomic E-state index is -0.435. The number of hydrogen-bond donors (Lipinski definition) is 2. The number of hydrogen-bond acceptors (Lipinski definition) is 2. The molecule has 19 heavy (non-hydrogen) atoms. The summed E-state index contributed by atoms with van der Waals surface area (Å²) in [6.45, 7) is 8.03. The summed E-state index contributed by atoms with van der Waals surface area (Å²) in [7, 11) is 0. The van der Waals surface area contributed by atoms with Crippen LogP contribution >= 0.6 is 0 Å². The van der Waals surface area contributed by atoms with Crippen molar-refractivity contribution < 1.29 is 9.90 Å². The Morgan fingerprint density at radius 2 is 1.84 bits per heavy atom. The number of carbonyl (C=O) groups is 1. The molecule has 1 aromatic carbocycles. The van der Waals surface area contributed by atoms with Crippen LogP contribution in [0.5, 0.6) is 0 Å². The van der Waals surface area contributed by atoms with Gasteiger partial charge >= 0.3 is 0 Å². The molecule has 3 heteroatoms. The van der Waals surface area contributed by atoms with Gasteiger partial charge in [-0.15, -0.1) is 0 Å². The van der Waals surface area contributed by atoms with E-state index in [1.807, 2.05) is 30.3 Å². The summed E-state index contributed by atoms with van der Waals surface area (Å²) in [4.78, 5) is 12.0. The number of nitrogens with one attached hydrogen (secondary N) is 1. The largest absolute Gasteiger partial charge is 0.393 e. The predicted octanol–water partition coefficient (Wildman–Crippen LogP) is 3.05. The lowest BCUT2D eigenvalue weighted by molar-refractivity contribution is -0.123. The third-order valence-corrected chi connectivity index (χ3v) is 3.09. The number of carbonyl (C=O) groups excluding carboxylic acids is 1. The lowest BCUT2D eigenvalue weighted by Gasteiger charge is -2.32. The van der Waals surface area contributed by atoms with E-state index < -0.39 is 6.10 Å². The third-order valence-electron chi connectivity index (χ3n) is 3.09. The summed E-state index contributed by atoms with van der Waals surface area (Å²) in [5.74, 6) is -0.00956. The highest BCUT2D eigenvalue weighted by molar-refractivity contribution is 5.76. The Hall–Kier alpha value is -1.35. The average molecular weight is 263 g/mol. The average Bonchev–Trinajstić information content (AvgIpc) is 2.33. The van der Waals surface area contributed by atoms with Crippen LogP contribution in [0.2, 0.25) is 0 Å². The molecule has 0 aromatic heterocycles. The molecule has 106 valence electrons. The van der Waals surface area contributed by atoms with E-state index in [-0.39, 0.29) is 17.4 Å². The smallest absolute Gasteiger partial charge is 0.220 e. The fourth-order valence-corrected chi connectivity index (χ4v) is 2.02. The van der Waals surface area contributed by atoms with Gasteiger partial charge in [0.05, 0.1) is 12.1 Å². The van der Waals surface area contributed by atoms with Crippen molar-refractivity contribution in [3.8, 4) is 0 Å². The second-order valence-electron chi connectivity index (χ2n) is 6.16. The number of amides is 1. The minimum absolute atomic E-state index is 0.00956. The Morgan fingerprint density at radius 3 is 2.32 bits per heavy atom. The summed E-state index contributed by atoms with van der Waals surface area (Å²) < 4.78 is 0. The maximum absolute atomic E-state index is 12.0. The fourth-order valence-electron chi connectivity index (χ4n) is 2.02. The Kier molecular flexibility index (Phi) is 5.55. The maximum atomic E-state index is 12.0. The van der Waals surface area contributed by atoms with Crippen LogP contribution in [0.25, 0.3) is 0 Å². The lowest BCUT2D eigenvalue weighted by atomic mass is 9.82. The monoisotopic (exact) mass is 263 g/mol. The van der Waals surface area contributed by atoms with Crippen LogP contribution in [0.4, 0.5) is 0 Å². The normalized spacial score (nSPS) is 14.8.